The van der Waals surface area contributed by atoms with E-state index >= 15 is 4.79 Å². The molecule has 5 aliphatic carbocycles. The van der Waals surface area contributed by atoms with Crippen LogP contribution in [0.25, 0.3) is 0 Å². The van der Waals surface area contributed by atoms with Crippen molar-refractivity contribution in [2.75, 3.05) is 33.0 Å². The molecule has 0 aromatic heterocycles. The number of aliphatic hydroxyl groups is 18. The van der Waals surface area contributed by atoms with Gasteiger partial charge in [-0.05, 0) is 116 Å². The SMILES string of the molecule is C[C@@H]1O[C@@H](O[C@H]2CC[C@@]3(C)C(CC[C@]4(C)C3CC=C3C5CC(C)(C)CC[C@]5(C(=O)O[C@H]5O[C@@H](CO)[C@H](O[C@H]6O[C@@H](C(O)CO)[C@@H](O)[C@@H]6O[C@H]6O[C@@H](CO)[C@H](O)[C@@H](O)[C@@H]6O)[C@@H](O)[C@@H]5O)CC[C@]34C)C2(C)C)[C@H](O)[C@H](O)[C@H]1O[C@@H]1O[C@H](C(O)CO)[C@H](O)[C@H]1O[C@@H]1OC[C@@H](O)[C@H](O)[C@H]1O.O. The summed E-state index contributed by atoms with van der Waals surface area (Å²) in [4.78, 5) is 15.4. The van der Waals surface area contributed by atoms with E-state index in [1.807, 2.05) is 0 Å². The lowest BCUT2D eigenvalue weighted by Crippen LogP contribution is -2.66. The number of aliphatic hydroxyl groups excluding tert-OH is 18. The second-order valence-electron chi connectivity index (χ2n) is 31.4. The van der Waals surface area contributed by atoms with Crippen LogP contribution in [0, 0.1) is 50.2 Å². The van der Waals surface area contributed by atoms with Gasteiger partial charge in [-0.3, -0.25) is 4.79 Å². The standard InChI is InChI=1S/C65H106O31.H2O/c1-25-47(90-57-51(45(82)48(91-57)28(70)20-66)94-53-41(78)36(73)30(72)24-85-53)39(76)43(80)54(86-25)89-35-12-13-62(6)33(61(35,4)5)11-14-64(8)34(62)10-9-26-27-19-60(2,3)15-17-65(27,18-16-63(26,64)7)59(84)96-56-44(81)40(77)50(32(23-69)88-56)93-58-52(46(83)49(92-58)29(71)21-67)95-55-42(79)38(75)37(74)31(22-68)87-55;/h9,25,27-58,66-83H,10-24H2,1-8H3;1H2/t25-,27?,28?,29?,30+,31-,32-,33?,34?,35-,36-,37-,38+,39-,40-,41+,42-,43+,44-,45-,46+,47-,48+,49-,50-,51+,52-,53-,54-,55+,56+,57+,58+,62-,63+,64+,65-;/m0./s1. The molecule has 32 heteroatoms. The first-order valence-electron chi connectivity index (χ1n) is 34.1. The Balaban J connectivity index is 0.0000102. The molecule has 0 bridgehead atoms. The van der Waals surface area contributed by atoms with Crippen LogP contribution >= 0.6 is 0 Å². The quantitative estimate of drug-likeness (QED) is 0.0346. The highest BCUT2D eigenvalue weighted by Crippen LogP contribution is 2.76. The molecule has 5 unspecified atom stereocenters. The highest BCUT2D eigenvalue weighted by molar-refractivity contribution is 5.79. The molecule has 4 saturated carbocycles. The largest absolute Gasteiger partial charge is 0.432 e. The van der Waals surface area contributed by atoms with Crippen molar-refractivity contribution in [2.24, 2.45) is 50.2 Å². The fourth-order valence-electron chi connectivity index (χ4n) is 19.2. The predicted octanol–water partition coefficient (Wildman–Crippen LogP) is -5.54. The number of hydrogen-bond donors (Lipinski definition) is 18. The van der Waals surface area contributed by atoms with Crippen LogP contribution < -0.4 is 0 Å². The molecule has 11 rings (SSSR count). The van der Waals surface area contributed by atoms with Gasteiger partial charge in [0.25, 0.3) is 0 Å². The Labute approximate surface area is 562 Å². The minimum Gasteiger partial charge on any atom is -0.432 e. The number of carbonyl (C=O) groups is 1. The molecule has 0 amide bonds. The molecule has 6 heterocycles. The lowest BCUT2D eigenvalue weighted by atomic mass is 9.33. The Morgan fingerprint density at radius 2 is 1.05 bits per heavy atom. The van der Waals surface area contributed by atoms with E-state index in [0.717, 1.165) is 19.3 Å². The lowest BCUT2D eigenvalue weighted by Gasteiger charge is -2.71. The molecule has 0 aromatic rings. The average molecular weight is 1400 g/mol. The molecule has 20 N–H and O–H groups in total. The monoisotopic (exact) mass is 1400 g/mol. The van der Waals surface area contributed by atoms with Crippen molar-refractivity contribution >= 4 is 5.97 Å². The Kier molecular flexibility index (Phi) is 23.3. The maximum atomic E-state index is 15.4. The molecule has 0 aromatic carbocycles. The first kappa shape index (κ1) is 77.6. The molecule has 0 radical (unpaired) electrons. The van der Waals surface area contributed by atoms with Gasteiger partial charge in [0.05, 0.1) is 50.7 Å². The zero-order chi connectivity index (χ0) is 70.0. The summed E-state index contributed by atoms with van der Waals surface area (Å²) in [6, 6.07) is 0. The first-order valence-corrected chi connectivity index (χ1v) is 34.1. The summed E-state index contributed by atoms with van der Waals surface area (Å²) in [7, 11) is 0. The molecule has 97 heavy (non-hydrogen) atoms. The Morgan fingerprint density at radius 1 is 0.526 bits per heavy atom. The van der Waals surface area contributed by atoms with E-state index in [4.69, 9.17) is 56.8 Å². The van der Waals surface area contributed by atoms with Gasteiger partial charge in [0, 0.05) is 0 Å². The van der Waals surface area contributed by atoms with Crippen molar-refractivity contribution in [2.45, 2.75) is 304 Å². The van der Waals surface area contributed by atoms with Crippen molar-refractivity contribution in [1.29, 1.82) is 0 Å². The highest BCUT2D eigenvalue weighted by Gasteiger charge is 2.71. The maximum absolute atomic E-state index is 15.4. The molecule has 560 valence electrons. The van der Waals surface area contributed by atoms with Crippen LogP contribution in [0.1, 0.15) is 120 Å². The third-order valence-corrected chi connectivity index (χ3v) is 25.2. The smallest absolute Gasteiger partial charge is 0.315 e. The molecule has 32 nitrogen and oxygen atoms in total. The van der Waals surface area contributed by atoms with Gasteiger partial charge in [-0.25, -0.2) is 0 Å². The number of ether oxygens (including phenoxy) is 12. The van der Waals surface area contributed by atoms with E-state index < -0.39 is 239 Å². The molecule has 6 aliphatic heterocycles. The minimum absolute atomic E-state index is 0. The van der Waals surface area contributed by atoms with Crippen LogP contribution in [0.2, 0.25) is 0 Å². The van der Waals surface area contributed by atoms with E-state index in [0.29, 0.717) is 44.9 Å². The third kappa shape index (κ3) is 13.4. The van der Waals surface area contributed by atoms with Crippen molar-refractivity contribution in [3.63, 3.8) is 0 Å². The second kappa shape index (κ2) is 29.2. The number of allylic oxidation sites excluding steroid dienone is 2. The summed E-state index contributed by atoms with van der Waals surface area (Å²) < 4.78 is 71.8. The van der Waals surface area contributed by atoms with E-state index in [-0.39, 0.29) is 39.5 Å². The summed E-state index contributed by atoms with van der Waals surface area (Å²) in [5, 5.41) is 194. The number of hydrogen-bond acceptors (Lipinski definition) is 31. The van der Waals surface area contributed by atoms with Crippen LogP contribution in [0.3, 0.4) is 0 Å². The fraction of sp³-hybridized carbons (Fsp3) is 0.954. The molecular weight excluding hydrogens is 1290 g/mol. The van der Waals surface area contributed by atoms with Gasteiger partial charge in [0.2, 0.25) is 6.29 Å². The Bertz CT molecular complexity index is 2690. The molecule has 0 spiro atoms. The van der Waals surface area contributed by atoms with Gasteiger partial charge in [-0.1, -0.05) is 60.1 Å². The van der Waals surface area contributed by atoms with Gasteiger partial charge in [0.15, 0.2) is 31.5 Å². The van der Waals surface area contributed by atoms with E-state index in [1.165, 1.54) is 5.57 Å². The number of rotatable bonds is 18. The summed E-state index contributed by atoms with van der Waals surface area (Å²) in [5.41, 5.74) is -1.50. The summed E-state index contributed by atoms with van der Waals surface area (Å²) in [6.07, 6.45) is -39.8. The minimum atomic E-state index is -2.00. The summed E-state index contributed by atoms with van der Waals surface area (Å²) in [5.74, 6) is -0.658. The third-order valence-electron chi connectivity index (χ3n) is 25.2. The molecule has 37 atom stereocenters. The molecule has 10 fully saturated rings. The van der Waals surface area contributed by atoms with Gasteiger partial charge in [-0.2, -0.15) is 0 Å². The topological polar surface area (TPSA) is 523 Å². The van der Waals surface area contributed by atoms with E-state index in [9.17, 15) is 91.9 Å². The van der Waals surface area contributed by atoms with Crippen molar-refractivity contribution < 1.29 is 159 Å². The number of esters is 1. The summed E-state index contributed by atoms with van der Waals surface area (Å²) >= 11 is 0. The van der Waals surface area contributed by atoms with Crippen LogP contribution in [0.15, 0.2) is 11.6 Å². The van der Waals surface area contributed by atoms with Crippen molar-refractivity contribution in [3.05, 3.63) is 11.6 Å². The normalized spacial score (nSPS) is 52.5. The number of fused-ring (bicyclic) bond motifs is 7. The van der Waals surface area contributed by atoms with Crippen LogP contribution in [-0.4, -0.2) is 321 Å². The molecule has 11 aliphatic rings. The van der Waals surface area contributed by atoms with E-state index in [2.05, 4.69) is 54.5 Å². The van der Waals surface area contributed by atoms with Crippen LogP contribution in [-0.2, 0) is 61.6 Å². The number of carbonyl (C=O) groups excluding carboxylic acids is 1. The summed E-state index contributed by atoms with van der Waals surface area (Å²) in [6.45, 7) is 13.6. The highest BCUT2D eigenvalue weighted by atomic mass is 16.8. The lowest BCUT2D eigenvalue weighted by molar-refractivity contribution is -0.351. The van der Waals surface area contributed by atoms with Gasteiger partial charge in [-0.15, -0.1) is 0 Å². The van der Waals surface area contributed by atoms with Gasteiger partial charge in [0.1, 0.15) is 134 Å². The fourth-order valence-corrected chi connectivity index (χ4v) is 19.2. The van der Waals surface area contributed by atoms with Crippen molar-refractivity contribution in [3.8, 4) is 0 Å². The van der Waals surface area contributed by atoms with Gasteiger partial charge < -0.3 is 154 Å². The van der Waals surface area contributed by atoms with Crippen LogP contribution in [0.5, 0.6) is 0 Å². The van der Waals surface area contributed by atoms with Crippen LogP contribution in [0.4, 0.5) is 0 Å². The van der Waals surface area contributed by atoms with Crippen molar-refractivity contribution in [1.82, 2.24) is 0 Å². The second-order valence-corrected chi connectivity index (χ2v) is 31.4. The molecular formula is C65H108O32. The maximum Gasteiger partial charge on any atom is 0.315 e. The predicted molar refractivity (Wildman–Crippen MR) is 324 cm³/mol. The average Bonchev–Trinajstić information content (AvgIpc) is 1.38. The zero-order valence-corrected chi connectivity index (χ0v) is 56.1. The van der Waals surface area contributed by atoms with Gasteiger partial charge >= 0.3 is 5.97 Å². The van der Waals surface area contributed by atoms with E-state index in [1.54, 1.807) is 6.92 Å². The zero-order valence-electron chi connectivity index (χ0n) is 56.1. The first-order chi connectivity index (χ1) is 45.1. The molecule has 6 saturated heterocycles. The Morgan fingerprint density at radius 3 is 1.66 bits per heavy atom. The Hall–Kier alpha value is -1.99.